The number of hydrogen-bond acceptors (Lipinski definition) is 6. The number of hydrogen-bond donors (Lipinski definition) is 1. The zero-order chi connectivity index (χ0) is 23.8. The second-order valence-corrected chi connectivity index (χ2v) is 8.93. The molecule has 0 radical (unpaired) electrons. The zero-order valence-corrected chi connectivity index (χ0v) is 19.6. The third-order valence-electron chi connectivity index (χ3n) is 6.71. The summed E-state index contributed by atoms with van der Waals surface area (Å²) >= 11 is 0. The molecule has 1 amide bonds. The SMILES string of the molecule is O=C(CC(CN1CCN(c2ccccc2)CC1)N1CCN(C(=O)O)CC1)OCc1ccccc1. The molecule has 0 bridgehead atoms. The molecule has 0 aromatic heterocycles. The molecule has 182 valence electrons. The van der Waals surface area contributed by atoms with Crippen LogP contribution in [0.1, 0.15) is 12.0 Å². The number of piperazine rings is 2. The van der Waals surface area contributed by atoms with Crippen LogP contribution >= 0.6 is 0 Å². The van der Waals surface area contributed by atoms with E-state index in [9.17, 15) is 14.7 Å². The maximum atomic E-state index is 12.7. The van der Waals surface area contributed by atoms with Gasteiger partial charge in [0.2, 0.25) is 0 Å². The minimum Gasteiger partial charge on any atom is -0.465 e. The van der Waals surface area contributed by atoms with Crippen LogP contribution in [0.3, 0.4) is 0 Å². The van der Waals surface area contributed by atoms with Gasteiger partial charge in [0.15, 0.2) is 0 Å². The smallest absolute Gasteiger partial charge is 0.407 e. The third kappa shape index (κ3) is 6.71. The molecular weight excluding hydrogens is 432 g/mol. The van der Waals surface area contributed by atoms with Crippen molar-refractivity contribution in [2.24, 2.45) is 0 Å². The Balaban J connectivity index is 1.33. The fraction of sp³-hybridized carbons (Fsp3) is 0.462. The predicted molar refractivity (Wildman–Crippen MR) is 131 cm³/mol. The molecule has 2 saturated heterocycles. The highest BCUT2D eigenvalue weighted by Crippen LogP contribution is 2.18. The van der Waals surface area contributed by atoms with Crippen LogP contribution in [0.2, 0.25) is 0 Å². The van der Waals surface area contributed by atoms with Crippen molar-refractivity contribution in [1.82, 2.24) is 14.7 Å². The first kappa shape index (κ1) is 24.0. The number of amides is 1. The van der Waals surface area contributed by atoms with Crippen LogP contribution in [-0.2, 0) is 16.1 Å². The highest BCUT2D eigenvalue weighted by atomic mass is 16.5. The van der Waals surface area contributed by atoms with E-state index in [2.05, 4.69) is 39.0 Å². The van der Waals surface area contributed by atoms with Crippen LogP contribution in [0.25, 0.3) is 0 Å². The van der Waals surface area contributed by atoms with Gasteiger partial charge in [0.05, 0.1) is 6.42 Å². The van der Waals surface area contributed by atoms with Crippen molar-refractivity contribution in [1.29, 1.82) is 0 Å². The molecule has 2 aromatic rings. The summed E-state index contributed by atoms with van der Waals surface area (Å²) in [6.45, 7) is 6.99. The lowest BCUT2D eigenvalue weighted by atomic mass is 10.1. The number of carbonyl (C=O) groups is 2. The second-order valence-electron chi connectivity index (χ2n) is 8.93. The fourth-order valence-electron chi connectivity index (χ4n) is 4.70. The van der Waals surface area contributed by atoms with E-state index in [0.717, 1.165) is 38.3 Å². The number of esters is 1. The fourth-order valence-corrected chi connectivity index (χ4v) is 4.70. The van der Waals surface area contributed by atoms with Gasteiger partial charge in [-0.3, -0.25) is 14.6 Å². The van der Waals surface area contributed by atoms with Gasteiger partial charge in [0, 0.05) is 70.6 Å². The van der Waals surface area contributed by atoms with Crippen molar-refractivity contribution in [2.75, 3.05) is 63.8 Å². The minimum atomic E-state index is -0.879. The molecule has 2 fully saturated rings. The molecule has 4 rings (SSSR count). The van der Waals surface area contributed by atoms with Crippen LogP contribution in [-0.4, -0.2) is 96.8 Å². The van der Waals surface area contributed by atoms with Crippen molar-refractivity contribution in [2.45, 2.75) is 19.1 Å². The normalized spacial score (nSPS) is 18.5. The maximum Gasteiger partial charge on any atom is 0.407 e. The third-order valence-corrected chi connectivity index (χ3v) is 6.71. The van der Waals surface area contributed by atoms with Crippen LogP contribution in [0, 0.1) is 0 Å². The first-order valence-electron chi connectivity index (χ1n) is 12.0. The summed E-state index contributed by atoms with van der Waals surface area (Å²) < 4.78 is 5.58. The van der Waals surface area contributed by atoms with Gasteiger partial charge in [-0.15, -0.1) is 0 Å². The van der Waals surface area contributed by atoms with Crippen molar-refractivity contribution < 1.29 is 19.4 Å². The summed E-state index contributed by atoms with van der Waals surface area (Å²) in [7, 11) is 0. The Labute approximate surface area is 201 Å². The van der Waals surface area contributed by atoms with E-state index in [-0.39, 0.29) is 18.6 Å². The van der Waals surface area contributed by atoms with Gasteiger partial charge in [-0.05, 0) is 17.7 Å². The summed E-state index contributed by atoms with van der Waals surface area (Å²) in [5.74, 6) is -0.211. The summed E-state index contributed by atoms with van der Waals surface area (Å²) in [4.78, 5) is 32.6. The van der Waals surface area contributed by atoms with Gasteiger partial charge in [-0.25, -0.2) is 4.79 Å². The van der Waals surface area contributed by atoms with E-state index >= 15 is 0 Å². The Bertz CT molecular complexity index is 911. The Kier molecular flexibility index (Phi) is 8.38. The molecule has 2 aliphatic heterocycles. The van der Waals surface area contributed by atoms with Crippen molar-refractivity contribution in [3.63, 3.8) is 0 Å². The highest BCUT2D eigenvalue weighted by molar-refractivity contribution is 5.70. The van der Waals surface area contributed by atoms with Gasteiger partial charge in [0.1, 0.15) is 6.61 Å². The minimum absolute atomic E-state index is 0.00231. The monoisotopic (exact) mass is 466 g/mol. The van der Waals surface area contributed by atoms with E-state index in [0.29, 0.717) is 32.6 Å². The molecule has 8 heteroatoms. The van der Waals surface area contributed by atoms with E-state index < -0.39 is 6.09 Å². The number of anilines is 1. The standard InChI is InChI=1S/C26H34N4O4/c31-25(34-21-22-7-3-1-4-8-22)19-24(29-15-17-30(18-16-29)26(32)33)20-27-11-13-28(14-12-27)23-9-5-2-6-10-23/h1-10,24H,11-21H2,(H,32,33). The number of para-hydroxylation sites is 1. The summed E-state index contributed by atoms with van der Waals surface area (Å²) in [5.41, 5.74) is 2.22. The quantitative estimate of drug-likeness (QED) is 0.600. The first-order valence-corrected chi connectivity index (χ1v) is 12.0. The molecule has 1 N–H and O–H groups in total. The summed E-state index contributed by atoms with van der Waals surface area (Å²) in [5, 5.41) is 9.29. The highest BCUT2D eigenvalue weighted by Gasteiger charge is 2.30. The molecule has 0 saturated carbocycles. The van der Waals surface area contributed by atoms with Gasteiger partial charge >= 0.3 is 12.1 Å². The lowest BCUT2D eigenvalue weighted by Gasteiger charge is -2.42. The molecule has 0 spiro atoms. The van der Waals surface area contributed by atoms with Crippen molar-refractivity contribution >= 4 is 17.7 Å². The number of ether oxygens (including phenoxy) is 1. The van der Waals surface area contributed by atoms with Crippen LogP contribution in [0.5, 0.6) is 0 Å². The van der Waals surface area contributed by atoms with Crippen LogP contribution < -0.4 is 4.90 Å². The Morgan fingerprint density at radius 2 is 1.44 bits per heavy atom. The first-order chi connectivity index (χ1) is 16.6. The number of carbonyl (C=O) groups excluding carboxylic acids is 1. The largest absolute Gasteiger partial charge is 0.465 e. The summed E-state index contributed by atoms with van der Waals surface area (Å²) in [6, 6.07) is 20.1. The molecule has 2 aromatic carbocycles. The van der Waals surface area contributed by atoms with Crippen LogP contribution in [0.15, 0.2) is 60.7 Å². The van der Waals surface area contributed by atoms with Crippen molar-refractivity contribution in [3.8, 4) is 0 Å². The molecule has 8 nitrogen and oxygen atoms in total. The lowest BCUT2D eigenvalue weighted by Crippen LogP contribution is -2.56. The molecule has 1 atom stereocenters. The molecule has 2 aliphatic rings. The Morgan fingerprint density at radius 1 is 0.824 bits per heavy atom. The average Bonchev–Trinajstić information content (AvgIpc) is 2.89. The van der Waals surface area contributed by atoms with Gasteiger partial charge in [-0.1, -0.05) is 48.5 Å². The second kappa shape index (κ2) is 11.9. The van der Waals surface area contributed by atoms with E-state index in [4.69, 9.17) is 4.74 Å². The number of benzene rings is 2. The molecule has 2 heterocycles. The topological polar surface area (TPSA) is 76.6 Å². The number of rotatable bonds is 8. The zero-order valence-electron chi connectivity index (χ0n) is 19.6. The summed E-state index contributed by atoms with van der Waals surface area (Å²) in [6.07, 6.45) is -0.575. The molecule has 34 heavy (non-hydrogen) atoms. The van der Waals surface area contributed by atoms with Crippen LogP contribution in [0.4, 0.5) is 10.5 Å². The average molecular weight is 467 g/mol. The Morgan fingerprint density at radius 3 is 2.06 bits per heavy atom. The molecule has 0 aliphatic carbocycles. The molecular formula is C26H34N4O4. The van der Waals surface area contributed by atoms with E-state index in [1.807, 2.05) is 36.4 Å². The van der Waals surface area contributed by atoms with E-state index in [1.54, 1.807) is 0 Å². The number of nitrogens with zero attached hydrogens (tertiary/aromatic N) is 4. The molecule has 1 unspecified atom stereocenters. The Hall–Kier alpha value is -3.10. The van der Waals surface area contributed by atoms with Gasteiger partial charge in [-0.2, -0.15) is 0 Å². The predicted octanol–water partition coefficient (Wildman–Crippen LogP) is 2.61. The van der Waals surface area contributed by atoms with E-state index in [1.165, 1.54) is 10.6 Å². The maximum absolute atomic E-state index is 12.7. The van der Waals surface area contributed by atoms with Gasteiger partial charge < -0.3 is 19.6 Å². The lowest BCUT2D eigenvalue weighted by molar-refractivity contribution is -0.146. The van der Waals surface area contributed by atoms with Crippen molar-refractivity contribution in [3.05, 3.63) is 66.2 Å². The van der Waals surface area contributed by atoms with Gasteiger partial charge in [0.25, 0.3) is 0 Å². The number of carboxylic acid groups (broad SMARTS) is 1.